The van der Waals surface area contributed by atoms with Gasteiger partial charge in [0.1, 0.15) is 11.3 Å². The first-order valence-electron chi connectivity index (χ1n) is 6.22. The Morgan fingerprint density at radius 2 is 2.29 bits per heavy atom. The summed E-state index contributed by atoms with van der Waals surface area (Å²) in [5, 5.41) is 3.20. The van der Waals surface area contributed by atoms with Crippen molar-refractivity contribution in [2.24, 2.45) is 0 Å². The number of hydrogen-bond donors (Lipinski definition) is 1. The summed E-state index contributed by atoms with van der Waals surface area (Å²) >= 11 is 5.90. The largest absolute Gasteiger partial charge is 0.438 e. The van der Waals surface area contributed by atoms with Crippen molar-refractivity contribution in [2.45, 2.75) is 6.92 Å². The number of nitrogens with one attached hydrogen (secondary N) is 1. The number of benzene rings is 1. The van der Waals surface area contributed by atoms with Gasteiger partial charge < -0.3 is 10.1 Å². The summed E-state index contributed by atoms with van der Waals surface area (Å²) in [5.74, 6) is 2.82. The highest BCUT2D eigenvalue weighted by molar-refractivity contribution is 6.30. The van der Waals surface area contributed by atoms with Gasteiger partial charge in [-0.05, 0) is 42.8 Å². The summed E-state index contributed by atoms with van der Waals surface area (Å²) in [6.45, 7) is 2.01. The number of terminal acetylenes is 1. The highest BCUT2D eigenvalue weighted by Gasteiger charge is 2.14. The fraction of sp³-hybridized carbons (Fsp3) is 0.125. The number of amides is 1. The van der Waals surface area contributed by atoms with Crippen molar-refractivity contribution in [3.05, 3.63) is 52.7 Å². The minimum atomic E-state index is -0.331. The topological polar surface area (TPSA) is 51.2 Å². The molecule has 0 unspecified atom stereocenters. The van der Waals surface area contributed by atoms with Gasteiger partial charge in [0.05, 0.1) is 6.54 Å². The van der Waals surface area contributed by atoms with Crippen molar-refractivity contribution in [1.82, 2.24) is 10.3 Å². The monoisotopic (exact) mass is 300 g/mol. The van der Waals surface area contributed by atoms with Crippen molar-refractivity contribution in [3.8, 4) is 24.0 Å². The lowest BCUT2D eigenvalue weighted by molar-refractivity contribution is 0.0955. The summed E-state index contributed by atoms with van der Waals surface area (Å²) in [6, 6.07) is 8.50. The highest BCUT2D eigenvalue weighted by Crippen LogP contribution is 2.27. The third-order valence-electron chi connectivity index (χ3n) is 2.71. The van der Waals surface area contributed by atoms with E-state index in [2.05, 4.69) is 16.2 Å². The Bertz CT molecular complexity index is 708. The average molecular weight is 301 g/mol. The summed E-state index contributed by atoms with van der Waals surface area (Å²) in [4.78, 5) is 16.1. The molecule has 1 heterocycles. The van der Waals surface area contributed by atoms with Gasteiger partial charge in [-0.15, -0.1) is 6.42 Å². The van der Waals surface area contributed by atoms with Gasteiger partial charge >= 0.3 is 0 Å². The van der Waals surface area contributed by atoms with E-state index in [9.17, 15) is 4.79 Å². The van der Waals surface area contributed by atoms with Gasteiger partial charge in [0.15, 0.2) is 0 Å². The van der Waals surface area contributed by atoms with Gasteiger partial charge in [0.25, 0.3) is 5.91 Å². The number of aryl methyl sites for hydroxylation is 1. The van der Waals surface area contributed by atoms with Crippen LogP contribution >= 0.6 is 11.6 Å². The van der Waals surface area contributed by atoms with Gasteiger partial charge in [0, 0.05) is 11.2 Å². The Hall–Kier alpha value is -2.51. The molecular formula is C16H13ClN2O2. The summed E-state index contributed by atoms with van der Waals surface area (Å²) in [5.41, 5.74) is 1.17. The molecule has 1 aromatic heterocycles. The van der Waals surface area contributed by atoms with Gasteiger partial charge in [-0.1, -0.05) is 17.5 Å². The minimum Gasteiger partial charge on any atom is -0.438 e. The smallest absolute Gasteiger partial charge is 0.257 e. The quantitative estimate of drug-likeness (QED) is 0.882. The van der Waals surface area contributed by atoms with Crippen LogP contribution in [0.5, 0.6) is 11.6 Å². The Labute approximate surface area is 128 Å². The van der Waals surface area contributed by atoms with Crippen LogP contribution in [0, 0.1) is 19.3 Å². The molecule has 21 heavy (non-hydrogen) atoms. The van der Waals surface area contributed by atoms with E-state index in [1.54, 1.807) is 36.5 Å². The third-order valence-corrected chi connectivity index (χ3v) is 2.95. The molecule has 0 bridgehead atoms. The molecule has 5 heteroatoms. The van der Waals surface area contributed by atoms with Crippen molar-refractivity contribution >= 4 is 17.5 Å². The van der Waals surface area contributed by atoms with Crippen LogP contribution in [0.25, 0.3) is 0 Å². The molecule has 1 N–H and O–H groups in total. The molecular weight excluding hydrogens is 288 g/mol. The molecule has 1 aromatic carbocycles. The molecule has 0 spiro atoms. The maximum Gasteiger partial charge on any atom is 0.257 e. The molecule has 2 aromatic rings. The molecule has 106 valence electrons. The van der Waals surface area contributed by atoms with Crippen molar-refractivity contribution in [1.29, 1.82) is 0 Å². The standard InChI is InChI=1S/C16H13ClN2O2/c1-3-8-18-15(20)13-5-4-9-19-16(13)21-14-7-6-12(17)10-11(14)2/h1,4-7,9-10H,8H2,2H3,(H,18,20). The first-order valence-corrected chi connectivity index (χ1v) is 6.60. The van der Waals surface area contributed by atoms with Crippen LogP contribution in [0.4, 0.5) is 0 Å². The molecule has 4 nitrogen and oxygen atoms in total. The maximum absolute atomic E-state index is 12.0. The highest BCUT2D eigenvalue weighted by atomic mass is 35.5. The van der Waals surface area contributed by atoms with Crippen LogP contribution in [0.15, 0.2) is 36.5 Å². The summed E-state index contributed by atoms with van der Waals surface area (Å²) in [6.07, 6.45) is 6.68. The van der Waals surface area contributed by atoms with Crippen LogP contribution in [-0.4, -0.2) is 17.4 Å². The number of pyridine rings is 1. The second-order valence-electron chi connectivity index (χ2n) is 4.25. The van der Waals surface area contributed by atoms with Crippen LogP contribution in [0.1, 0.15) is 15.9 Å². The van der Waals surface area contributed by atoms with Crippen molar-refractivity contribution < 1.29 is 9.53 Å². The Morgan fingerprint density at radius 3 is 3.00 bits per heavy atom. The second-order valence-corrected chi connectivity index (χ2v) is 4.69. The molecule has 1 amide bonds. The van der Waals surface area contributed by atoms with E-state index in [1.807, 2.05) is 6.92 Å². The van der Waals surface area contributed by atoms with Crippen molar-refractivity contribution in [3.63, 3.8) is 0 Å². The molecule has 2 rings (SSSR count). The van der Waals surface area contributed by atoms with Crippen LogP contribution in [-0.2, 0) is 0 Å². The fourth-order valence-electron chi connectivity index (χ4n) is 1.70. The van der Waals surface area contributed by atoms with E-state index in [0.717, 1.165) is 5.56 Å². The predicted molar refractivity (Wildman–Crippen MR) is 81.7 cm³/mol. The Kier molecular flexibility index (Phi) is 4.81. The Balaban J connectivity index is 2.28. The second kappa shape index (κ2) is 6.78. The first-order chi connectivity index (χ1) is 10.1. The molecule has 0 aliphatic carbocycles. The van der Waals surface area contributed by atoms with Crippen LogP contribution < -0.4 is 10.1 Å². The lowest BCUT2D eigenvalue weighted by atomic mass is 10.2. The van der Waals surface area contributed by atoms with E-state index in [-0.39, 0.29) is 18.3 Å². The van der Waals surface area contributed by atoms with E-state index >= 15 is 0 Å². The number of carbonyl (C=O) groups excluding carboxylic acids is 1. The summed E-state index contributed by atoms with van der Waals surface area (Å²) < 4.78 is 5.71. The lowest BCUT2D eigenvalue weighted by Gasteiger charge is -2.11. The molecule has 0 atom stereocenters. The van der Waals surface area contributed by atoms with Crippen LogP contribution in [0.2, 0.25) is 5.02 Å². The van der Waals surface area contributed by atoms with Gasteiger partial charge in [0.2, 0.25) is 5.88 Å². The van der Waals surface area contributed by atoms with E-state index in [0.29, 0.717) is 16.3 Å². The predicted octanol–water partition coefficient (Wildman–Crippen LogP) is 3.20. The number of ether oxygens (including phenoxy) is 1. The van der Waals surface area contributed by atoms with Crippen molar-refractivity contribution in [2.75, 3.05) is 6.54 Å². The number of hydrogen-bond acceptors (Lipinski definition) is 3. The normalized spacial score (nSPS) is 9.76. The average Bonchev–Trinajstić information content (AvgIpc) is 2.48. The maximum atomic E-state index is 12.0. The number of halogens is 1. The molecule has 0 aliphatic heterocycles. The first kappa shape index (κ1) is 14.9. The number of aromatic nitrogens is 1. The van der Waals surface area contributed by atoms with E-state index in [1.165, 1.54) is 0 Å². The fourth-order valence-corrected chi connectivity index (χ4v) is 1.93. The summed E-state index contributed by atoms with van der Waals surface area (Å²) in [7, 11) is 0. The van der Waals surface area contributed by atoms with Gasteiger partial charge in [-0.3, -0.25) is 4.79 Å². The zero-order valence-corrected chi connectivity index (χ0v) is 12.1. The molecule has 0 radical (unpaired) electrons. The Morgan fingerprint density at radius 1 is 1.48 bits per heavy atom. The zero-order chi connectivity index (χ0) is 15.2. The van der Waals surface area contributed by atoms with E-state index in [4.69, 9.17) is 22.8 Å². The number of rotatable bonds is 4. The number of carbonyl (C=O) groups is 1. The van der Waals surface area contributed by atoms with Gasteiger partial charge in [-0.25, -0.2) is 4.98 Å². The molecule has 0 fully saturated rings. The lowest BCUT2D eigenvalue weighted by Crippen LogP contribution is -2.24. The van der Waals surface area contributed by atoms with Crippen LogP contribution in [0.3, 0.4) is 0 Å². The molecule has 0 saturated heterocycles. The van der Waals surface area contributed by atoms with E-state index < -0.39 is 0 Å². The third kappa shape index (κ3) is 3.74. The number of nitrogens with zero attached hydrogens (tertiary/aromatic N) is 1. The zero-order valence-electron chi connectivity index (χ0n) is 11.4. The molecule has 0 aliphatic rings. The minimum absolute atomic E-state index is 0.146. The SMILES string of the molecule is C#CCNC(=O)c1cccnc1Oc1ccc(Cl)cc1C. The molecule has 0 saturated carbocycles. The van der Waals surface area contributed by atoms with Gasteiger partial charge in [-0.2, -0.15) is 0 Å².